The van der Waals surface area contributed by atoms with Gasteiger partial charge in [0.15, 0.2) is 5.71 Å². The van der Waals surface area contributed by atoms with Gasteiger partial charge in [0.2, 0.25) is 0 Å². The molecule has 0 atom stereocenters. The molecule has 0 unspecified atom stereocenters. The number of carbonyl (C=O) groups is 1. The molecule has 0 aliphatic heterocycles. The number of carbonyl (C=O) groups excluding carboxylic acids is 2. The van der Waals surface area contributed by atoms with E-state index in [4.69, 9.17) is 31.0 Å². The second-order valence-corrected chi connectivity index (χ2v) is 5.42. The Morgan fingerprint density at radius 3 is 2.69 bits per heavy atom. The standard InChI is InChI=1S/C18H18ClN3O4/c1-4-25-16-10-15(17(26-5-2)9-13(16)19)21-18(23)12-7-6-11(24-3)8-14(12)22-20/h6-10H,4-5H2,1-3H3. The molecule has 0 saturated carbocycles. The first-order valence-electron chi connectivity index (χ1n) is 7.92. The second kappa shape index (κ2) is 9.05. The van der Waals surface area contributed by atoms with Crippen molar-refractivity contribution in [1.82, 2.24) is 0 Å². The van der Waals surface area contributed by atoms with Gasteiger partial charge in [-0.05, 0) is 19.1 Å². The number of amides is 1. The van der Waals surface area contributed by atoms with Crippen LogP contribution in [0.15, 0.2) is 51.2 Å². The van der Waals surface area contributed by atoms with Gasteiger partial charge in [0.25, 0.3) is 12.5 Å². The summed E-state index contributed by atoms with van der Waals surface area (Å²) in [6.45, 7) is 4.41. The van der Waals surface area contributed by atoms with Crippen LogP contribution in [0.1, 0.15) is 24.2 Å². The number of ether oxygens (including phenoxy) is 2. The Balaban J connectivity index is 2.46. The van der Waals surface area contributed by atoms with Gasteiger partial charge in [0, 0.05) is 19.1 Å². The number of nitrogens with zero attached hydrogens (tertiary/aromatic N) is 3. The van der Waals surface area contributed by atoms with Crippen molar-refractivity contribution in [2.45, 2.75) is 13.8 Å². The van der Waals surface area contributed by atoms with Crippen LogP contribution in [0.2, 0.25) is 0 Å². The first kappa shape index (κ1) is 19.5. The fraction of sp³-hybridized carbons (Fsp3) is 0.278. The van der Waals surface area contributed by atoms with Crippen molar-refractivity contribution in [3.63, 3.8) is 0 Å². The average Bonchev–Trinajstić information content (AvgIpc) is 2.65. The molecule has 1 amide bonds. The number of benzene rings is 1. The zero-order valence-corrected chi connectivity index (χ0v) is 15.4. The van der Waals surface area contributed by atoms with Crippen LogP contribution in [0.5, 0.6) is 5.75 Å². The van der Waals surface area contributed by atoms with E-state index in [1.54, 1.807) is 12.1 Å². The van der Waals surface area contributed by atoms with Gasteiger partial charge in [-0.2, -0.15) is 4.99 Å². The molecule has 0 fully saturated rings. The van der Waals surface area contributed by atoms with Gasteiger partial charge in [-0.1, -0.05) is 11.6 Å². The van der Waals surface area contributed by atoms with Gasteiger partial charge in [-0.3, -0.25) is 9.22 Å². The number of hydrogen-bond acceptors (Lipinski definition) is 4. The molecule has 7 nitrogen and oxygen atoms in total. The van der Waals surface area contributed by atoms with Crippen LogP contribution in [-0.2, 0) is 9.16 Å². The topological polar surface area (TPSA) is 93.8 Å². The minimum atomic E-state index is -0.605. The fourth-order valence-corrected chi connectivity index (χ4v) is 2.43. The highest BCUT2D eigenvalue weighted by atomic mass is 35.5. The largest absolute Gasteiger partial charge is 0.706 e. The Morgan fingerprint density at radius 2 is 2.08 bits per heavy atom. The van der Waals surface area contributed by atoms with E-state index in [1.807, 2.05) is 13.8 Å². The summed E-state index contributed by atoms with van der Waals surface area (Å²) >= 11 is 6.16. The van der Waals surface area contributed by atoms with E-state index in [1.165, 1.54) is 25.3 Å². The third-order valence-corrected chi connectivity index (χ3v) is 3.67. The maximum absolute atomic E-state index is 12.6. The molecule has 1 aromatic rings. The summed E-state index contributed by atoms with van der Waals surface area (Å²) in [5, 5.41) is 3.48. The predicted octanol–water partition coefficient (Wildman–Crippen LogP) is 4.11. The Kier molecular flexibility index (Phi) is 6.80. The molecule has 2 rings (SSSR count). The number of hydrogen-bond donors (Lipinski definition) is 0. The third kappa shape index (κ3) is 4.43. The van der Waals surface area contributed by atoms with E-state index in [0.29, 0.717) is 35.5 Å². The Bertz CT molecular complexity index is 841. The highest BCUT2D eigenvalue weighted by molar-refractivity contribution is 6.53. The number of rotatable bonds is 6. The van der Waals surface area contributed by atoms with Crippen molar-refractivity contribution in [3.05, 3.63) is 52.2 Å². The smallest absolute Gasteiger partial charge is 0.370 e. The van der Waals surface area contributed by atoms with Crippen molar-refractivity contribution in [3.8, 4) is 5.75 Å². The molecule has 8 heteroatoms. The van der Waals surface area contributed by atoms with Crippen LogP contribution in [0.25, 0.3) is 5.53 Å². The predicted molar refractivity (Wildman–Crippen MR) is 99.4 cm³/mol. The molecule has 0 spiro atoms. The number of halogens is 1. The molecule has 1 aliphatic rings. The molecule has 136 valence electrons. The maximum Gasteiger partial charge on any atom is 0.370 e. The lowest BCUT2D eigenvalue weighted by Crippen LogP contribution is -2.20. The summed E-state index contributed by atoms with van der Waals surface area (Å²) in [7, 11) is 1.47. The monoisotopic (exact) mass is 375 g/mol. The summed E-state index contributed by atoms with van der Waals surface area (Å²) in [5.74, 6) is 0.594. The molecule has 0 saturated heterocycles. The Labute approximate surface area is 156 Å². The van der Waals surface area contributed by atoms with Gasteiger partial charge in [0.05, 0.1) is 36.1 Å². The summed E-state index contributed by atoms with van der Waals surface area (Å²) < 4.78 is 16.0. The van der Waals surface area contributed by atoms with E-state index in [2.05, 4.69) is 10.1 Å². The quantitative estimate of drug-likeness (QED) is 0.425. The SMILES string of the molecule is CCOC1=CC(=NC(=O)c2ccc(OC)cc2N=[N-])C(=[O+]CC)C=C1Cl. The zero-order valence-electron chi connectivity index (χ0n) is 14.7. The zero-order chi connectivity index (χ0) is 19.1. The van der Waals surface area contributed by atoms with Crippen LogP contribution in [0, 0.1) is 0 Å². The minimum absolute atomic E-state index is 0.0510. The lowest BCUT2D eigenvalue weighted by atomic mass is 10.1. The fourth-order valence-electron chi connectivity index (χ4n) is 2.22. The first-order valence-corrected chi connectivity index (χ1v) is 8.30. The van der Waals surface area contributed by atoms with E-state index in [0.717, 1.165) is 0 Å². The lowest BCUT2D eigenvalue weighted by molar-refractivity contribution is -0.449. The number of ketones is 1. The summed E-state index contributed by atoms with van der Waals surface area (Å²) in [5.41, 5.74) is 9.59. The summed E-state index contributed by atoms with van der Waals surface area (Å²) in [4.78, 5) is 16.7. The van der Waals surface area contributed by atoms with Gasteiger partial charge >= 0.3 is 5.78 Å². The van der Waals surface area contributed by atoms with Crippen LogP contribution < -0.4 is 4.74 Å². The molecule has 1 aromatic carbocycles. The molecule has 26 heavy (non-hydrogen) atoms. The average molecular weight is 376 g/mol. The summed E-state index contributed by atoms with van der Waals surface area (Å²) in [6, 6.07) is 4.48. The van der Waals surface area contributed by atoms with E-state index < -0.39 is 5.91 Å². The molecule has 0 heterocycles. The Morgan fingerprint density at radius 1 is 1.31 bits per heavy atom. The van der Waals surface area contributed by atoms with Crippen molar-refractivity contribution < 1.29 is 18.7 Å². The highest BCUT2D eigenvalue weighted by Crippen LogP contribution is 2.26. The normalized spacial score (nSPS) is 16.9. The number of allylic oxidation sites excluding steroid dienone is 3. The lowest BCUT2D eigenvalue weighted by Gasteiger charge is -2.11. The molecule has 0 bridgehead atoms. The molecular formula is C18H18ClN3O4. The minimum Gasteiger partial charge on any atom is -0.706 e. The second-order valence-electron chi connectivity index (χ2n) is 5.02. The maximum atomic E-state index is 12.6. The first-order chi connectivity index (χ1) is 12.5. The molecular weight excluding hydrogens is 358 g/mol. The number of methoxy groups -OCH3 is 1. The van der Waals surface area contributed by atoms with E-state index in [-0.39, 0.29) is 17.0 Å². The van der Waals surface area contributed by atoms with Crippen LogP contribution in [-0.4, -0.2) is 37.7 Å². The summed E-state index contributed by atoms with van der Waals surface area (Å²) in [6.07, 6.45) is 3.08. The van der Waals surface area contributed by atoms with E-state index in [9.17, 15) is 4.79 Å². The van der Waals surface area contributed by atoms with Crippen molar-refractivity contribution in [2.75, 3.05) is 20.3 Å². The van der Waals surface area contributed by atoms with Gasteiger partial charge < -0.3 is 20.1 Å². The van der Waals surface area contributed by atoms with Crippen molar-refractivity contribution >= 4 is 34.7 Å². The van der Waals surface area contributed by atoms with Crippen LogP contribution in [0.3, 0.4) is 0 Å². The van der Waals surface area contributed by atoms with Crippen LogP contribution >= 0.6 is 11.6 Å². The third-order valence-electron chi connectivity index (χ3n) is 3.38. The van der Waals surface area contributed by atoms with Gasteiger partial charge in [-0.15, -0.1) is 0 Å². The van der Waals surface area contributed by atoms with Gasteiger partial charge in [0.1, 0.15) is 11.5 Å². The van der Waals surface area contributed by atoms with Crippen LogP contribution in [0.4, 0.5) is 5.69 Å². The molecule has 1 aliphatic carbocycles. The van der Waals surface area contributed by atoms with Gasteiger partial charge in [-0.25, -0.2) is 0 Å². The van der Waals surface area contributed by atoms with Crippen molar-refractivity contribution in [1.29, 1.82) is 0 Å². The Hall–Kier alpha value is -2.80. The molecule has 0 N–H and O–H groups in total. The van der Waals surface area contributed by atoms with E-state index >= 15 is 0 Å². The highest BCUT2D eigenvalue weighted by Gasteiger charge is 2.26. The molecule has 0 aromatic heterocycles. The van der Waals surface area contributed by atoms with Crippen molar-refractivity contribution in [2.24, 2.45) is 10.1 Å². The number of aliphatic imine (C=N–C) groups is 1. The molecule has 0 radical (unpaired) electrons.